The second-order valence-corrected chi connectivity index (χ2v) is 8.66. The van der Waals surface area contributed by atoms with Crippen LogP contribution >= 0.6 is 39.7 Å². The van der Waals surface area contributed by atoms with E-state index in [-0.39, 0.29) is 17.6 Å². The molecule has 6 nitrogen and oxygen atoms in total. The summed E-state index contributed by atoms with van der Waals surface area (Å²) < 4.78 is 12.2. The van der Waals surface area contributed by atoms with Crippen molar-refractivity contribution >= 4 is 67.6 Å². The zero-order chi connectivity index (χ0) is 22.7. The Morgan fingerprint density at radius 1 is 1.16 bits per heavy atom. The van der Waals surface area contributed by atoms with E-state index >= 15 is 0 Å². The molecule has 0 unspecified atom stereocenters. The van der Waals surface area contributed by atoms with Gasteiger partial charge in [0.05, 0.1) is 10.6 Å². The molecule has 2 N–H and O–H groups in total. The number of ether oxygens (including phenoxy) is 1. The predicted molar refractivity (Wildman–Crippen MR) is 133 cm³/mol. The predicted octanol–water partition coefficient (Wildman–Crippen LogP) is 6.11. The SMILES string of the molecule is Cc1ccc(OCC(=O)NC(=S)Nc2ccc3oc(-c4cc(Br)ccc4Cl)nc3c2)cc1. The van der Waals surface area contributed by atoms with E-state index in [0.717, 1.165) is 10.0 Å². The number of aryl methyl sites for hydroxylation is 1. The summed E-state index contributed by atoms with van der Waals surface area (Å²) in [7, 11) is 0. The van der Waals surface area contributed by atoms with Crippen LogP contribution in [-0.2, 0) is 4.79 Å². The van der Waals surface area contributed by atoms with Crippen LogP contribution in [-0.4, -0.2) is 22.6 Å². The lowest BCUT2D eigenvalue weighted by Crippen LogP contribution is -2.37. The molecular formula is C23H17BrClN3O3S. The quantitative estimate of drug-likeness (QED) is 0.303. The third-order valence-electron chi connectivity index (χ3n) is 4.45. The van der Waals surface area contributed by atoms with E-state index in [1.54, 1.807) is 24.3 Å². The lowest BCUT2D eigenvalue weighted by Gasteiger charge is -2.10. The first kappa shape index (κ1) is 22.3. The van der Waals surface area contributed by atoms with Gasteiger partial charge in [-0.05, 0) is 67.7 Å². The largest absolute Gasteiger partial charge is 0.484 e. The third-order valence-corrected chi connectivity index (χ3v) is 5.48. The normalized spacial score (nSPS) is 10.7. The fourth-order valence-electron chi connectivity index (χ4n) is 2.89. The van der Waals surface area contributed by atoms with Crippen molar-refractivity contribution in [2.24, 2.45) is 0 Å². The van der Waals surface area contributed by atoms with E-state index in [0.29, 0.717) is 39.0 Å². The van der Waals surface area contributed by atoms with Crippen LogP contribution in [0.1, 0.15) is 5.56 Å². The smallest absolute Gasteiger partial charge is 0.264 e. The van der Waals surface area contributed by atoms with Crippen LogP contribution in [0.2, 0.25) is 5.02 Å². The van der Waals surface area contributed by atoms with E-state index in [1.165, 1.54) is 0 Å². The fraction of sp³-hybridized carbons (Fsp3) is 0.0870. The molecule has 0 atom stereocenters. The topological polar surface area (TPSA) is 76.4 Å². The monoisotopic (exact) mass is 529 g/mol. The van der Waals surface area contributed by atoms with Gasteiger partial charge in [-0.3, -0.25) is 10.1 Å². The summed E-state index contributed by atoms with van der Waals surface area (Å²) in [5.41, 5.74) is 3.68. The molecule has 1 amide bonds. The first-order valence-electron chi connectivity index (χ1n) is 9.54. The van der Waals surface area contributed by atoms with Crippen molar-refractivity contribution in [1.29, 1.82) is 0 Å². The Morgan fingerprint density at radius 2 is 1.94 bits per heavy atom. The Kier molecular flexibility index (Phi) is 6.74. The number of benzene rings is 3. The highest BCUT2D eigenvalue weighted by molar-refractivity contribution is 9.10. The molecule has 0 aliphatic rings. The Bertz CT molecular complexity index is 1310. The first-order chi connectivity index (χ1) is 15.4. The molecule has 4 rings (SSSR count). The number of thiocarbonyl (C=S) groups is 1. The second kappa shape index (κ2) is 9.68. The lowest BCUT2D eigenvalue weighted by molar-refractivity contribution is -0.121. The number of carbonyl (C=O) groups is 1. The number of fused-ring (bicyclic) bond motifs is 1. The summed E-state index contributed by atoms with van der Waals surface area (Å²) >= 11 is 14.9. The molecule has 0 saturated heterocycles. The molecule has 0 radical (unpaired) electrons. The fourth-order valence-corrected chi connectivity index (χ4v) is 3.68. The van der Waals surface area contributed by atoms with Gasteiger partial charge in [0.25, 0.3) is 5.91 Å². The second-order valence-electron chi connectivity index (χ2n) is 6.93. The summed E-state index contributed by atoms with van der Waals surface area (Å²) in [6, 6.07) is 18.2. The van der Waals surface area contributed by atoms with Gasteiger partial charge in [-0.25, -0.2) is 4.98 Å². The van der Waals surface area contributed by atoms with Gasteiger partial charge >= 0.3 is 0 Å². The average Bonchev–Trinajstić information content (AvgIpc) is 3.18. The Balaban J connectivity index is 1.39. The Labute approximate surface area is 203 Å². The van der Waals surface area contributed by atoms with Gasteiger partial charge in [0.1, 0.15) is 11.3 Å². The van der Waals surface area contributed by atoms with Crippen molar-refractivity contribution in [2.45, 2.75) is 6.92 Å². The van der Waals surface area contributed by atoms with Gasteiger partial charge < -0.3 is 14.5 Å². The Hall–Kier alpha value is -2.94. The molecule has 1 aromatic heterocycles. The molecule has 0 aliphatic carbocycles. The first-order valence-corrected chi connectivity index (χ1v) is 11.1. The molecule has 1 heterocycles. The summed E-state index contributed by atoms with van der Waals surface area (Å²) in [4.78, 5) is 16.6. The van der Waals surface area contributed by atoms with Crippen LogP contribution in [0, 0.1) is 6.92 Å². The van der Waals surface area contributed by atoms with Gasteiger partial charge in [-0.1, -0.05) is 45.2 Å². The minimum absolute atomic E-state index is 0.149. The molecule has 0 spiro atoms. The number of rotatable bonds is 5. The highest BCUT2D eigenvalue weighted by atomic mass is 79.9. The summed E-state index contributed by atoms with van der Waals surface area (Å²) in [5, 5.41) is 6.25. The molecule has 32 heavy (non-hydrogen) atoms. The number of hydrogen-bond acceptors (Lipinski definition) is 5. The summed E-state index contributed by atoms with van der Waals surface area (Å²) in [6.45, 7) is 1.83. The van der Waals surface area contributed by atoms with Gasteiger partial charge in [-0.15, -0.1) is 0 Å². The molecule has 3 aromatic carbocycles. The van der Waals surface area contributed by atoms with Gasteiger partial charge in [0.15, 0.2) is 17.3 Å². The van der Waals surface area contributed by atoms with Crippen LogP contribution in [0.15, 0.2) is 69.6 Å². The van der Waals surface area contributed by atoms with Crippen molar-refractivity contribution in [3.8, 4) is 17.2 Å². The zero-order valence-corrected chi connectivity index (χ0v) is 20.0. The van der Waals surface area contributed by atoms with Crippen LogP contribution < -0.4 is 15.4 Å². The standard InChI is InChI=1S/C23H17BrClN3O3S/c1-13-2-6-16(7-3-13)30-12-21(29)28-23(32)26-15-5-9-20-19(11-15)27-22(31-20)17-10-14(24)4-8-18(17)25/h2-11H,12H2,1H3,(H2,26,28,29,32). The molecule has 162 valence electrons. The van der Waals surface area contributed by atoms with Crippen molar-refractivity contribution < 1.29 is 13.9 Å². The van der Waals surface area contributed by atoms with Gasteiger partial charge in [0, 0.05) is 10.2 Å². The Morgan fingerprint density at radius 3 is 2.72 bits per heavy atom. The average molecular weight is 531 g/mol. The van der Waals surface area contributed by atoms with Gasteiger partial charge in [-0.2, -0.15) is 0 Å². The molecule has 0 aliphatic heterocycles. The van der Waals surface area contributed by atoms with E-state index < -0.39 is 0 Å². The minimum Gasteiger partial charge on any atom is -0.484 e. The molecular weight excluding hydrogens is 514 g/mol. The van der Waals surface area contributed by atoms with Crippen LogP contribution in [0.3, 0.4) is 0 Å². The van der Waals surface area contributed by atoms with Crippen molar-refractivity contribution in [3.63, 3.8) is 0 Å². The number of hydrogen-bond donors (Lipinski definition) is 2. The molecule has 0 bridgehead atoms. The maximum Gasteiger partial charge on any atom is 0.264 e. The van der Waals surface area contributed by atoms with E-state index in [1.807, 2.05) is 43.3 Å². The number of nitrogens with one attached hydrogen (secondary N) is 2. The molecule has 0 saturated carbocycles. The summed E-state index contributed by atoms with van der Waals surface area (Å²) in [6.07, 6.45) is 0. The maximum atomic E-state index is 12.1. The minimum atomic E-state index is -0.364. The lowest BCUT2D eigenvalue weighted by atomic mass is 10.2. The third kappa shape index (κ3) is 5.45. The highest BCUT2D eigenvalue weighted by Crippen LogP contribution is 2.32. The van der Waals surface area contributed by atoms with E-state index in [9.17, 15) is 4.79 Å². The number of nitrogens with zero attached hydrogens (tertiary/aromatic N) is 1. The number of carbonyl (C=O) groups excluding carboxylic acids is 1. The number of aromatic nitrogens is 1. The van der Waals surface area contributed by atoms with E-state index in [4.69, 9.17) is 33.0 Å². The van der Waals surface area contributed by atoms with E-state index in [2.05, 4.69) is 31.5 Å². The molecule has 4 aromatic rings. The van der Waals surface area contributed by atoms with Crippen LogP contribution in [0.25, 0.3) is 22.6 Å². The van der Waals surface area contributed by atoms with Crippen molar-refractivity contribution in [1.82, 2.24) is 10.3 Å². The maximum absolute atomic E-state index is 12.1. The number of anilines is 1. The molecule has 9 heteroatoms. The molecule has 0 fully saturated rings. The van der Waals surface area contributed by atoms with Crippen LogP contribution in [0.5, 0.6) is 5.75 Å². The van der Waals surface area contributed by atoms with Crippen molar-refractivity contribution in [3.05, 3.63) is 75.7 Å². The zero-order valence-electron chi connectivity index (χ0n) is 16.8. The van der Waals surface area contributed by atoms with Crippen LogP contribution in [0.4, 0.5) is 5.69 Å². The summed E-state index contributed by atoms with van der Waals surface area (Å²) in [5.74, 6) is 0.659. The van der Waals surface area contributed by atoms with Gasteiger partial charge in [0.2, 0.25) is 5.89 Å². The number of amides is 1. The van der Waals surface area contributed by atoms with Crippen molar-refractivity contribution in [2.75, 3.05) is 11.9 Å². The highest BCUT2D eigenvalue weighted by Gasteiger charge is 2.13. The number of oxazole rings is 1. The number of halogens is 2.